The Kier molecular flexibility index (Phi) is 3.16. The largest absolute Gasteiger partial charge is 0.204 e. The molecule has 3 aliphatic heterocycles. The van der Waals surface area contributed by atoms with Crippen LogP contribution in [0, 0.1) is 11.8 Å². The van der Waals surface area contributed by atoms with Gasteiger partial charge in [-0.1, -0.05) is 59.1 Å². The second kappa shape index (κ2) is 4.33. The zero-order valence-electron chi connectivity index (χ0n) is 14.2. The molecule has 7 atom stereocenters. The van der Waals surface area contributed by atoms with Gasteiger partial charge < -0.3 is 0 Å². The van der Waals surface area contributed by atoms with Crippen LogP contribution in [-0.4, -0.2) is 26.8 Å². The number of hydrazine groups is 1. The predicted molar refractivity (Wildman–Crippen MR) is 85.1 cm³/mol. The monoisotopic (exact) mass is 276 g/mol. The van der Waals surface area contributed by atoms with Crippen LogP contribution in [0.1, 0.15) is 73.6 Å². The van der Waals surface area contributed by atoms with Crippen molar-refractivity contribution in [3.8, 4) is 0 Å². The summed E-state index contributed by atoms with van der Waals surface area (Å²) >= 11 is 0. The fraction of sp³-hybridized carbons (Fsp3) is 0.889. The molecule has 0 radical (unpaired) electrons. The van der Waals surface area contributed by atoms with Crippen molar-refractivity contribution in [3.63, 3.8) is 0 Å². The molecule has 0 aromatic carbocycles. The molecule has 0 bridgehead atoms. The van der Waals surface area contributed by atoms with E-state index in [1.165, 1.54) is 32.1 Å². The van der Waals surface area contributed by atoms with E-state index >= 15 is 0 Å². The molecule has 2 nitrogen and oxygen atoms in total. The van der Waals surface area contributed by atoms with E-state index in [1.807, 2.05) is 0 Å². The number of nitrogens with zero attached hydrogens (tertiary/aromatic N) is 2. The molecule has 3 aliphatic rings. The molecule has 3 saturated heterocycles. The lowest BCUT2D eigenvalue weighted by Crippen LogP contribution is -2.26. The maximum Gasteiger partial charge on any atom is 0.145 e. The van der Waals surface area contributed by atoms with E-state index in [2.05, 4.69) is 63.7 Å². The van der Waals surface area contributed by atoms with Crippen molar-refractivity contribution < 1.29 is 0 Å². The molecule has 3 heterocycles. The van der Waals surface area contributed by atoms with Crippen molar-refractivity contribution in [1.29, 1.82) is 0 Å². The highest BCUT2D eigenvalue weighted by Gasteiger charge is 3.12. The molecule has 3 rings (SSSR count). The van der Waals surface area contributed by atoms with Crippen molar-refractivity contribution >= 4 is 0 Å². The Morgan fingerprint density at radius 1 is 1.00 bits per heavy atom. The molecule has 0 saturated carbocycles. The van der Waals surface area contributed by atoms with Gasteiger partial charge in [-0.25, -0.2) is 10.0 Å². The summed E-state index contributed by atoms with van der Waals surface area (Å²) in [5.41, 5.74) is 1.24. The zero-order chi connectivity index (χ0) is 14.8. The SMILES string of the molecule is CCCC(C)C=CC1(C)N2N3C(C)(CC(C)CCC)C231. The summed E-state index contributed by atoms with van der Waals surface area (Å²) in [5, 5.41) is 5.22. The normalized spacial score (nSPS) is 50.5. The summed E-state index contributed by atoms with van der Waals surface area (Å²) < 4.78 is 0. The van der Waals surface area contributed by atoms with Gasteiger partial charge in [0.2, 0.25) is 0 Å². The summed E-state index contributed by atoms with van der Waals surface area (Å²) in [6, 6.07) is 0. The molecular weight excluding hydrogens is 244 g/mol. The van der Waals surface area contributed by atoms with E-state index in [4.69, 9.17) is 0 Å². The van der Waals surface area contributed by atoms with E-state index < -0.39 is 0 Å². The molecule has 20 heavy (non-hydrogen) atoms. The molecule has 7 unspecified atom stereocenters. The Balaban J connectivity index is 1.58. The van der Waals surface area contributed by atoms with Crippen LogP contribution in [0.4, 0.5) is 0 Å². The molecule has 0 amide bonds. The maximum absolute atomic E-state index is 2.63. The van der Waals surface area contributed by atoms with Crippen LogP contribution in [0.2, 0.25) is 0 Å². The first kappa shape index (κ1) is 14.6. The first-order chi connectivity index (χ1) is 9.40. The predicted octanol–water partition coefficient (Wildman–Crippen LogP) is 4.58. The van der Waals surface area contributed by atoms with Gasteiger partial charge in [-0.2, -0.15) is 0 Å². The fourth-order valence-electron chi connectivity index (χ4n) is 5.08. The molecule has 0 aromatic rings. The number of fused-ring (bicyclic) bond motifs is 1. The minimum atomic E-state index is 0.343. The molecule has 114 valence electrons. The minimum Gasteiger partial charge on any atom is -0.204 e. The highest BCUT2D eigenvalue weighted by molar-refractivity contribution is 5.61. The molecule has 0 aromatic heterocycles. The van der Waals surface area contributed by atoms with Gasteiger partial charge >= 0.3 is 0 Å². The second-order valence-corrected chi connectivity index (χ2v) is 7.94. The van der Waals surface area contributed by atoms with Crippen LogP contribution >= 0.6 is 0 Å². The third kappa shape index (κ3) is 1.53. The maximum atomic E-state index is 2.63. The lowest BCUT2D eigenvalue weighted by molar-refractivity contribution is 0.200. The fourth-order valence-corrected chi connectivity index (χ4v) is 5.08. The van der Waals surface area contributed by atoms with E-state index in [-0.39, 0.29) is 0 Å². The summed E-state index contributed by atoms with van der Waals surface area (Å²) in [5.74, 6) is 1.59. The van der Waals surface area contributed by atoms with Crippen molar-refractivity contribution in [1.82, 2.24) is 10.0 Å². The third-order valence-electron chi connectivity index (χ3n) is 6.06. The van der Waals surface area contributed by atoms with Gasteiger partial charge in [0.1, 0.15) is 5.66 Å². The van der Waals surface area contributed by atoms with Gasteiger partial charge in [0.15, 0.2) is 0 Å². The lowest BCUT2D eigenvalue weighted by Gasteiger charge is -2.19. The van der Waals surface area contributed by atoms with E-state index in [1.54, 1.807) is 0 Å². The summed E-state index contributed by atoms with van der Waals surface area (Å²) in [6.45, 7) is 14.2. The van der Waals surface area contributed by atoms with Crippen molar-refractivity contribution in [2.75, 3.05) is 0 Å². The van der Waals surface area contributed by atoms with E-state index in [0.717, 1.165) is 11.8 Å². The highest BCUT2D eigenvalue weighted by Crippen LogP contribution is 2.92. The smallest absolute Gasteiger partial charge is 0.145 e. The van der Waals surface area contributed by atoms with E-state index in [9.17, 15) is 0 Å². The van der Waals surface area contributed by atoms with Gasteiger partial charge in [-0.05, 0) is 38.5 Å². The second-order valence-electron chi connectivity index (χ2n) is 7.94. The standard InChI is InChI=1S/C18H32N2/c1-7-9-14(3)11-12-16(5)18-17(6,20(18)19(16)18)13-15(4)10-8-2/h11-12,14-15H,7-10,13H2,1-6H3. The number of allylic oxidation sites excluding steroid dienone is 1. The number of hydrogen-bond donors (Lipinski definition) is 0. The van der Waals surface area contributed by atoms with Crippen molar-refractivity contribution in [2.24, 2.45) is 11.8 Å². The molecule has 3 fully saturated rings. The highest BCUT2D eigenvalue weighted by atomic mass is 16.2. The molecule has 2 heteroatoms. The summed E-state index contributed by atoms with van der Waals surface area (Å²) in [6.07, 6.45) is 11.6. The summed E-state index contributed by atoms with van der Waals surface area (Å²) in [4.78, 5) is 0. The average molecular weight is 276 g/mol. The molecule has 0 aliphatic carbocycles. The van der Waals surface area contributed by atoms with Gasteiger partial charge in [0, 0.05) is 0 Å². The minimum absolute atomic E-state index is 0.343. The van der Waals surface area contributed by atoms with Crippen LogP contribution in [0.3, 0.4) is 0 Å². The van der Waals surface area contributed by atoms with E-state index in [0.29, 0.717) is 16.7 Å². The first-order valence-corrected chi connectivity index (χ1v) is 8.70. The molecular formula is C18H32N2. The summed E-state index contributed by atoms with van der Waals surface area (Å²) in [7, 11) is 0. The van der Waals surface area contributed by atoms with Crippen LogP contribution in [0.25, 0.3) is 0 Å². The number of hydrogen-bond acceptors (Lipinski definition) is 2. The Bertz CT molecular complexity index is 431. The van der Waals surface area contributed by atoms with Gasteiger partial charge in [0.25, 0.3) is 0 Å². The lowest BCUT2D eigenvalue weighted by atomic mass is 9.87. The molecule has 0 N–H and O–H groups in total. The quantitative estimate of drug-likeness (QED) is 0.473. The van der Waals surface area contributed by atoms with Gasteiger partial charge in [0.05, 0.1) is 11.1 Å². The Morgan fingerprint density at radius 3 is 2.25 bits per heavy atom. The van der Waals surface area contributed by atoms with Crippen molar-refractivity contribution in [3.05, 3.63) is 12.2 Å². The zero-order valence-corrected chi connectivity index (χ0v) is 14.2. The Morgan fingerprint density at radius 2 is 1.65 bits per heavy atom. The van der Waals surface area contributed by atoms with Gasteiger partial charge in [-0.15, -0.1) is 0 Å². The Labute approximate surface area is 125 Å². The van der Waals surface area contributed by atoms with Gasteiger partial charge in [-0.3, -0.25) is 0 Å². The number of rotatable bonds is 8. The van der Waals surface area contributed by atoms with Crippen LogP contribution < -0.4 is 0 Å². The van der Waals surface area contributed by atoms with Crippen LogP contribution in [-0.2, 0) is 0 Å². The van der Waals surface area contributed by atoms with Crippen LogP contribution in [0.15, 0.2) is 12.2 Å². The Hall–Kier alpha value is -0.340. The molecule has 1 spiro atoms. The van der Waals surface area contributed by atoms with Crippen molar-refractivity contribution in [2.45, 2.75) is 90.4 Å². The topological polar surface area (TPSA) is 6.02 Å². The van der Waals surface area contributed by atoms with Crippen LogP contribution in [0.5, 0.6) is 0 Å². The average Bonchev–Trinajstić information content (AvgIpc) is 3.27. The first-order valence-electron chi connectivity index (χ1n) is 8.70. The third-order valence-corrected chi connectivity index (χ3v) is 6.06.